The summed E-state index contributed by atoms with van der Waals surface area (Å²) in [5.74, 6) is 0.562. The monoisotopic (exact) mass is 479 g/mol. The van der Waals surface area contributed by atoms with Crippen LogP contribution in [0.2, 0.25) is 0 Å². The number of hydrogen-bond acceptors (Lipinski definition) is 6. The second-order valence-electron chi connectivity index (χ2n) is 8.33. The molecule has 0 saturated carbocycles. The summed E-state index contributed by atoms with van der Waals surface area (Å²) in [7, 11) is 0. The van der Waals surface area contributed by atoms with Crippen molar-refractivity contribution >= 4 is 27.9 Å². The summed E-state index contributed by atoms with van der Waals surface area (Å²) in [5, 5.41) is 2.83. The van der Waals surface area contributed by atoms with Crippen molar-refractivity contribution in [1.29, 1.82) is 0 Å². The SMILES string of the molecule is CC(C)[C@@H](Nc1ncnc2nc[nH]c12)c1nc2cccc(C(F)(F)F)c2c(=O)n1-c1ccccc1. The van der Waals surface area contributed by atoms with Gasteiger partial charge in [0.05, 0.1) is 34.5 Å². The quantitative estimate of drug-likeness (QED) is 0.373. The Balaban J connectivity index is 1.80. The molecule has 8 nitrogen and oxygen atoms in total. The van der Waals surface area contributed by atoms with Crippen LogP contribution in [0, 0.1) is 5.92 Å². The maximum atomic E-state index is 13.8. The number of benzene rings is 2. The second kappa shape index (κ2) is 8.49. The summed E-state index contributed by atoms with van der Waals surface area (Å²) in [6.07, 6.45) is -1.86. The van der Waals surface area contributed by atoms with Crippen molar-refractivity contribution < 1.29 is 13.2 Å². The van der Waals surface area contributed by atoms with Gasteiger partial charge >= 0.3 is 6.18 Å². The Labute approximate surface area is 196 Å². The van der Waals surface area contributed by atoms with Crippen molar-refractivity contribution in [2.75, 3.05) is 5.32 Å². The van der Waals surface area contributed by atoms with Crippen molar-refractivity contribution in [1.82, 2.24) is 29.5 Å². The van der Waals surface area contributed by atoms with E-state index in [4.69, 9.17) is 0 Å². The molecule has 0 aliphatic heterocycles. The lowest BCUT2D eigenvalue weighted by Crippen LogP contribution is -2.31. The van der Waals surface area contributed by atoms with Crippen LogP contribution in [-0.4, -0.2) is 29.5 Å². The normalized spacial score (nSPS) is 13.0. The van der Waals surface area contributed by atoms with Gasteiger partial charge in [0, 0.05) is 0 Å². The Morgan fingerprint density at radius 3 is 2.49 bits per heavy atom. The third kappa shape index (κ3) is 3.98. The summed E-state index contributed by atoms with van der Waals surface area (Å²) >= 11 is 0. The summed E-state index contributed by atoms with van der Waals surface area (Å²) in [4.78, 5) is 33.9. The number of anilines is 1. The third-order valence-corrected chi connectivity index (χ3v) is 5.70. The molecule has 5 aromatic rings. The lowest BCUT2D eigenvalue weighted by Gasteiger charge is -2.26. The number of imidazole rings is 1. The minimum absolute atomic E-state index is 0.0335. The van der Waals surface area contributed by atoms with Crippen molar-refractivity contribution in [3.8, 4) is 5.69 Å². The first kappa shape index (κ1) is 22.5. The standard InChI is InChI=1S/C24H20F3N7O/c1-13(2)18(33-21-19-20(29-11-28-19)30-12-31-21)22-32-16-10-6-9-15(24(25,26)27)17(16)23(35)34(22)14-7-4-3-5-8-14/h3-13,18H,1-2H3,(H2,28,29,30,31,33)/t18-/m1/s1. The van der Waals surface area contributed by atoms with Crippen LogP contribution in [-0.2, 0) is 6.18 Å². The molecule has 5 rings (SSSR count). The van der Waals surface area contributed by atoms with Gasteiger partial charge in [-0.3, -0.25) is 9.36 Å². The van der Waals surface area contributed by atoms with Crippen LogP contribution >= 0.6 is 0 Å². The summed E-state index contributed by atoms with van der Waals surface area (Å²) in [6, 6.07) is 11.5. The highest BCUT2D eigenvalue weighted by atomic mass is 19.4. The predicted octanol–water partition coefficient (Wildman–Crippen LogP) is 4.88. The zero-order valence-electron chi connectivity index (χ0n) is 18.7. The molecule has 1 atom stereocenters. The van der Waals surface area contributed by atoms with E-state index in [1.807, 2.05) is 13.8 Å². The maximum Gasteiger partial charge on any atom is 0.417 e. The van der Waals surface area contributed by atoms with E-state index in [2.05, 4.69) is 30.2 Å². The molecule has 0 aliphatic carbocycles. The van der Waals surface area contributed by atoms with Crippen LogP contribution in [0.5, 0.6) is 0 Å². The molecule has 178 valence electrons. The fourth-order valence-corrected chi connectivity index (χ4v) is 4.07. The van der Waals surface area contributed by atoms with Gasteiger partial charge in [-0.1, -0.05) is 38.1 Å². The summed E-state index contributed by atoms with van der Waals surface area (Å²) in [5.41, 5.74) is -0.438. The molecule has 0 saturated heterocycles. The number of fused-ring (bicyclic) bond motifs is 2. The minimum Gasteiger partial charge on any atom is -0.358 e. The third-order valence-electron chi connectivity index (χ3n) is 5.70. The molecule has 3 aromatic heterocycles. The number of nitrogens with one attached hydrogen (secondary N) is 2. The molecule has 35 heavy (non-hydrogen) atoms. The highest BCUT2D eigenvalue weighted by molar-refractivity contribution is 5.83. The van der Waals surface area contributed by atoms with Crippen molar-refractivity contribution in [2.24, 2.45) is 5.92 Å². The van der Waals surface area contributed by atoms with Crippen molar-refractivity contribution in [2.45, 2.75) is 26.1 Å². The average molecular weight is 479 g/mol. The number of para-hydroxylation sites is 1. The van der Waals surface area contributed by atoms with E-state index in [1.165, 1.54) is 29.4 Å². The molecular formula is C24H20F3N7O. The largest absolute Gasteiger partial charge is 0.417 e. The lowest BCUT2D eigenvalue weighted by atomic mass is 10.0. The number of nitrogens with zero attached hydrogens (tertiary/aromatic N) is 5. The molecule has 0 bridgehead atoms. The molecule has 2 N–H and O–H groups in total. The lowest BCUT2D eigenvalue weighted by molar-refractivity contribution is -0.136. The van der Waals surface area contributed by atoms with Gasteiger partial charge in [0.1, 0.15) is 17.7 Å². The van der Waals surface area contributed by atoms with E-state index in [9.17, 15) is 18.0 Å². The van der Waals surface area contributed by atoms with E-state index >= 15 is 0 Å². The van der Waals surface area contributed by atoms with Gasteiger partial charge in [0.25, 0.3) is 5.56 Å². The van der Waals surface area contributed by atoms with E-state index in [0.717, 1.165) is 6.07 Å². The Hall–Kier alpha value is -4.28. The fourth-order valence-electron chi connectivity index (χ4n) is 4.07. The minimum atomic E-state index is -4.71. The highest BCUT2D eigenvalue weighted by Crippen LogP contribution is 2.34. The first-order valence-electron chi connectivity index (χ1n) is 10.8. The Morgan fingerprint density at radius 1 is 1.00 bits per heavy atom. The fraction of sp³-hybridized carbons (Fsp3) is 0.208. The van der Waals surface area contributed by atoms with E-state index in [0.29, 0.717) is 22.7 Å². The zero-order valence-corrected chi connectivity index (χ0v) is 18.7. The number of alkyl halides is 3. The van der Waals surface area contributed by atoms with Gasteiger partial charge in [-0.2, -0.15) is 13.2 Å². The topological polar surface area (TPSA) is 101 Å². The Kier molecular flexibility index (Phi) is 5.46. The molecular weight excluding hydrogens is 459 g/mol. The zero-order chi connectivity index (χ0) is 24.7. The number of H-pyrrole nitrogens is 1. The van der Waals surface area contributed by atoms with Crippen LogP contribution in [0.3, 0.4) is 0 Å². The molecule has 0 radical (unpaired) electrons. The summed E-state index contributed by atoms with van der Waals surface area (Å²) in [6.45, 7) is 3.83. The van der Waals surface area contributed by atoms with Crippen molar-refractivity contribution in [3.05, 3.63) is 82.9 Å². The van der Waals surface area contributed by atoms with Gasteiger partial charge in [-0.15, -0.1) is 0 Å². The number of hydrogen-bond donors (Lipinski definition) is 2. The molecule has 3 heterocycles. The second-order valence-corrected chi connectivity index (χ2v) is 8.33. The first-order valence-corrected chi connectivity index (χ1v) is 10.8. The molecule has 11 heteroatoms. The van der Waals surface area contributed by atoms with E-state index < -0.39 is 28.7 Å². The van der Waals surface area contributed by atoms with Crippen LogP contribution in [0.1, 0.15) is 31.3 Å². The predicted molar refractivity (Wildman–Crippen MR) is 125 cm³/mol. The van der Waals surface area contributed by atoms with E-state index in [-0.39, 0.29) is 17.3 Å². The first-order chi connectivity index (χ1) is 16.8. The number of rotatable bonds is 5. The number of halogens is 3. The van der Waals surface area contributed by atoms with Crippen molar-refractivity contribution in [3.63, 3.8) is 0 Å². The van der Waals surface area contributed by atoms with Gasteiger partial charge < -0.3 is 10.3 Å². The van der Waals surface area contributed by atoms with Crippen LogP contribution in [0.4, 0.5) is 19.0 Å². The average Bonchev–Trinajstić information content (AvgIpc) is 3.31. The molecule has 0 unspecified atom stereocenters. The molecule has 0 amide bonds. The molecule has 0 aliphatic rings. The van der Waals surface area contributed by atoms with E-state index in [1.54, 1.807) is 30.3 Å². The molecule has 0 spiro atoms. The van der Waals surface area contributed by atoms with Gasteiger partial charge in [-0.05, 0) is 30.2 Å². The van der Waals surface area contributed by atoms with Crippen LogP contribution in [0.25, 0.3) is 27.8 Å². The number of aromatic amines is 1. The Bertz CT molecular complexity index is 1580. The smallest absolute Gasteiger partial charge is 0.358 e. The van der Waals surface area contributed by atoms with Crippen LogP contribution in [0.15, 0.2) is 66.0 Å². The Morgan fingerprint density at radius 2 is 1.77 bits per heavy atom. The van der Waals surface area contributed by atoms with Gasteiger partial charge in [-0.25, -0.2) is 19.9 Å². The van der Waals surface area contributed by atoms with Crippen LogP contribution < -0.4 is 10.9 Å². The maximum absolute atomic E-state index is 13.8. The van der Waals surface area contributed by atoms with Gasteiger partial charge in [0.15, 0.2) is 11.5 Å². The molecule has 0 fully saturated rings. The highest BCUT2D eigenvalue weighted by Gasteiger charge is 2.35. The summed E-state index contributed by atoms with van der Waals surface area (Å²) < 4.78 is 42.7. The molecule has 2 aromatic carbocycles. The number of aromatic nitrogens is 6. The van der Waals surface area contributed by atoms with Gasteiger partial charge in [0.2, 0.25) is 0 Å².